The molecule has 2 fully saturated rings. The molecule has 2 heterocycles. The number of aliphatic hydroxyl groups excluding tert-OH is 1. The molecule has 0 spiro atoms. The summed E-state index contributed by atoms with van der Waals surface area (Å²) in [6.07, 6.45) is 0.473. The van der Waals surface area contributed by atoms with Gasteiger partial charge in [-0.05, 0) is 12.8 Å². The zero-order chi connectivity index (χ0) is 12.5. The molecule has 2 saturated heterocycles. The number of nitrogens with zero attached hydrogens (tertiary/aromatic N) is 1. The van der Waals surface area contributed by atoms with Crippen molar-refractivity contribution in [3.63, 3.8) is 0 Å². The van der Waals surface area contributed by atoms with Crippen molar-refractivity contribution in [3.8, 4) is 0 Å². The van der Waals surface area contributed by atoms with Gasteiger partial charge in [-0.3, -0.25) is 0 Å². The largest absolute Gasteiger partial charge is 0.390 e. The molecule has 6 nitrogen and oxygen atoms in total. The molecular formula is C10H20N2O4S. The third-order valence-electron chi connectivity index (χ3n) is 3.61. The van der Waals surface area contributed by atoms with Gasteiger partial charge in [0.05, 0.1) is 17.4 Å². The SMILES string of the molecule is CN([C@H]1CNC[C@@H]1O)S(=O)(=O)C1CCOCC1. The molecule has 2 rings (SSSR count). The van der Waals surface area contributed by atoms with Gasteiger partial charge in [-0.2, -0.15) is 4.31 Å². The zero-order valence-electron chi connectivity index (χ0n) is 10.0. The first-order valence-electron chi connectivity index (χ1n) is 5.97. The van der Waals surface area contributed by atoms with Crippen LogP contribution in [0.5, 0.6) is 0 Å². The molecule has 0 aromatic heterocycles. The maximum atomic E-state index is 12.3. The van der Waals surface area contributed by atoms with Crippen molar-refractivity contribution in [2.24, 2.45) is 0 Å². The predicted octanol–water partition coefficient (Wildman–Crippen LogP) is -1.24. The van der Waals surface area contributed by atoms with Gasteiger partial charge in [0.2, 0.25) is 10.0 Å². The van der Waals surface area contributed by atoms with Crippen molar-refractivity contribution < 1.29 is 18.3 Å². The summed E-state index contributed by atoms with van der Waals surface area (Å²) in [5.74, 6) is 0. The van der Waals surface area contributed by atoms with Crippen LogP contribution in [0.25, 0.3) is 0 Å². The molecule has 0 radical (unpaired) electrons. The molecule has 0 aliphatic carbocycles. The van der Waals surface area contributed by atoms with Gasteiger partial charge in [0.15, 0.2) is 0 Å². The van der Waals surface area contributed by atoms with E-state index in [0.29, 0.717) is 39.1 Å². The van der Waals surface area contributed by atoms with Crippen LogP contribution >= 0.6 is 0 Å². The van der Waals surface area contributed by atoms with E-state index in [4.69, 9.17) is 4.74 Å². The molecule has 2 aliphatic heterocycles. The van der Waals surface area contributed by atoms with Crippen LogP contribution in [-0.4, -0.2) is 68.6 Å². The van der Waals surface area contributed by atoms with Crippen LogP contribution in [-0.2, 0) is 14.8 Å². The molecule has 100 valence electrons. The Morgan fingerprint density at radius 1 is 1.29 bits per heavy atom. The third-order valence-corrected chi connectivity index (χ3v) is 6.00. The van der Waals surface area contributed by atoms with Crippen molar-refractivity contribution >= 4 is 10.0 Å². The minimum atomic E-state index is -3.33. The first-order valence-corrected chi connectivity index (χ1v) is 7.47. The van der Waals surface area contributed by atoms with E-state index in [1.807, 2.05) is 0 Å². The average molecular weight is 264 g/mol. The fraction of sp³-hybridized carbons (Fsp3) is 1.00. The van der Waals surface area contributed by atoms with Crippen LogP contribution < -0.4 is 5.32 Å². The summed E-state index contributed by atoms with van der Waals surface area (Å²) < 4.78 is 31.2. The van der Waals surface area contributed by atoms with Gasteiger partial charge in [0, 0.05) is 33.4 Å². The van der Waals surface area contributed by atoms with E-state index in [9.17, 15) is 13.5 Å². The Bertz CT molecular complexity index is 353. The fourth-order valence-electron chi connectivity index (χ4n) is 2.42. The lowest BCUT2D eigenvalue weighted by atomic mass is 10.2. The number of likely N-dealkylation sites (N-methyl/N-ethyl adjacent to an activating group) is 1. The zero-order valence-corrected chi connectivity index (χ0v) is 10.8. The topological polar surface area (TPSA) is 78.9 Å². The highest BCUT2D eigenvalue weighted by atomic mass is 32.2. The number of hydrogen-bond donors (Lipinski definition) is 2. The van der Waals surface area contributed by atoms with E-state index in [1.54, 1.807) is 7.05 Å². The van der Waals surface area contributed by atoms with Gasteiger partial charge in [-0.15, -0.1) is 0 Å². The molecule has 2 N–H and O–H groups in total. The smallest absolute Gasteiger partial charge is 0.217 e. The second-order valence-electron chi connectivity index (χ2n) is 4.67. The quantitative estimate of drug-likeness (QED) is 0.666. The van der Waals surface area contributed by atoms with Crippen LogP contribution in [0.15, 0.2) is 0 Å². The normalized spacial score (nSPS) is 32.2. The second-order valence-corrected chi connectivity index (χ2v) is 6.94. The van der Waals surface area contributed by atoms with Gasteiger partial charge < -0.3 is 15.2 Å². The van der Waals surface area contributed by atoms with E-state index in [0.717, 1.165) is 0 Å². The Hall–Kier alpha value is -0.210. The number of rotatable bonds is 3. The molecule has 0 amide bonds. The summed E-state index contributed by atoms with van der Waals surface area (Å²) in [5, 5.41) is 12.4. The van der Waals surface area contributed by atoms with E-state index in [-0.39, 0.29) is 11.3 Å². The Morgan fingerprint density at radius 2 is 1.94 bits per heavy atom. The molecule has 0 aromatic carbocycles. The second kappa shape index (κ2) is 5.19. The summed E-state index contributed by atoms with van der Waals surface area (Å²) in [4.78, 5) is 0. The Morgan fingerprint density at radius 3 is 2.47 bits per heavy atom. The molecule has 0 unspecified atom stereocenters. The lowest BCUT2D eigenvalue weighted by molar-refractivity contribution is 0.0953. The third kappa shape index (κ3) is 2.63. The van der Waals surface area contributed by atoms with Gasteiger partial charge in [0.1, 0.15) is 0 Å². The van der Waals surface area contributed by atoms with Gasteiger partial charge in [-0.25, -0.2) is 8.42 Å². The molecule has 0 aromatic rings. The predicted molar refractivity (Wildman–Crippen MR) is 63.2 cm³/mol. The summed E-state index contributed by atoms with van der Waals surface area (Å²) in [7, 11) is -1.76. The van der Waals surface area contributed by atoms with Crippen molar-refractivity contribution in [1.29, 1.82) is 0 Å². The maximum absolute atomic E-state index is 12.3. The van der Waals surface area contributed by atoms with Crippen LogP contribution in [0.4, 0.5) is 0 Å². The maximum Gasteiger partial charge on any atom is 0.217 e. The lowest BCUT2D eigenvalue weighted by Gasteiger charge is -2.31. The molecule has 0 saturated carbocycles. The van der Waals surface area contributed by atoms with Gasteiger partial charge in [-0.1, -0.05) is 0 Å². The van der Waals surface area contributed by atoms with Crippen molar-refractivity contribution in [2.75, 3.05) is 33.4 Å². The van der Waals surface area contributed by atoms with Crippen molar-refractivity contribution in [3.05, 3.63) is 0 Å². The Kier molecular flexibility index (Phi) is 4.04. The van der Waals surface area contributed by atoms with Gasteiger partial charge in [0.25, 0.3) is 0 Å². The van der Waals surface area contributed by atoms with E-state index in [1.165, 1.54) is 4.31 Å². The minimum absolute atomic E-state index is 0.345. The first kappa shape index (κ1) is 13.2. The summed E-state index contributed by atoms with van der Waals surface area (Å²) >= 11 is 0. The number of nitrogens with one attached hydrogen (secondary N) is 1. The summed E-state index contributed by atoms with van der Waals surface area (Å²) in [6, 6.07) is -0.345. The van der Waals surface area contributed by atoms with Crippen molar-refractivity contribution in [2.45, 2.75) is 30.2 Å². The summed E-state index contributed by atoms with van der Waals surface area (Å²) in [5.41, 5.74) is 0. The molecular weight excluding hydrogens is 244 g/mol. The molecule has 7 heteroatoms. The number of hydrogen-bond acceptors (Lipinski definition) is 5. The Balaban J connectivity index is 2.08. The molecule has 2 atom stereocenters. The highest BCUT2D eigenvalue weighted by Gasteiger charge is 2.39. The monoisotopic (exact) mass is 264 g/mol. The highest BCUT2D eigenvalue weighted by Crippen LogP contribution is 2.22. The van der Waals surface area contributed by atoms with Crippen LogP contribution in [0.3, 0.4) is 0 Å². The molecule has 0 bridgehead atoms. The Labute approximate surface area is 102 Å². The average Bonchev–Trinajstić information content (AvgIpc) is 2.75. The lowest BCUT2D eigenvalue weighted by Crippen LogP contribution is -2.48. The van der Waals surface area contributed by atoms with Crippen molar-refractivity contribution in [1.82, 2.24) is 9.62 Å². The van der Waals surface area contributed by atoms with Crippen LogP contribution in [0.1, 0.15) is 12.8 Å². The number of aliphatic hydroxyl groups is 1. The fourth-order valence-corrected chi connectivity index (χ4v) is 4.27. The summed E-state index contributed by atoms with van der Waals surface area (Å²) in [6.45, 7) is 1.98. The van der Waals surface area contributed by atoms with E-state index < -0.39 is 16.1 Å². The number of sulfonamides is 1. The highest BCUT2D eigenvalue weighted by molar-refractivity contribution is 7.89. The van der Waals surface area contributed by atoms with Gasteiger partial charge >= 0.3 is 0 Å². The van der Waals surface area contributed by atoms with Crippen LogP contribution in [0.2, 0.25) is 0 Å². The minimum Gasteiger partial charge on any atom is -0.390 e. The first-order chi connectivity index (χ1) is 8.03. The number of β-amino-alcohol motifs (C(OH)–C–C–N with tert-alkyl or cyclic N) is 1. The number of ether oxygens (including phenoxy) is 1. The standard InChI is InChI=1S/C10H20N2O4S/c1-12(9-6-11-7-10(9)13)17(14,15)8-2-4-16-5-3-8/h8-11,13H,2-7H2,1H3/t9-,10-/m0/s1. The molecule has 2 aliphatic rings. The van der Waals surface area contributed by atoms with E-state index in [2.05, 4.69) is 5.32 Å². The van der Waals surface area contributed by atoms with E-state index >= 15 is 0 Å². The van der Waals surface area contributed by atoms with Crippen LogP contribution in [0, 0.1) is 0 Å². The molecule has 17 heavy (non-hydrogen) atoms.